The van der Waals surface area contributed by atoms with Crippen molar-refractivity contribution in [3.63, 3.8) is 0 Å². The number of fused-ring (bicyclic) bond motifs is 1. The number of benzene rings is 2. The Kier molecular flexibility index (Phi) is 3.42. The number of aromatic nitrogens is 3. The summed E-state index contributed by atoms with van der Waals surface area (Å²) >= 11 is 0. The van der Waals surface area contributed by atoms with Crippen molar-refractivity contribution in [3.8, 4) is 11.3 Å². The largest absolute Gasteiger partial charge is 0.356 e. The lowest BCUT2D eigenvalue weighted by Crippen LogP contribution is -2.07. The third-order valence-corrected chi connectivity index (χ3v) is 5.08. The van der Waals surface area contributed by atoms with Crippen LogP contribution in [0.25, 0.3) is 22.4 Å². The van der Waals surface area contributed by atoms with Crippen molar-refractivity contribution in [1.82, 2.24) is 15.1 Å². The number of para-hydroxylation sites is 2. The molecule has 2 aromatic heterocycles. The van der Waals surface area contributed by atoms with Crippen molar-refractivity contribution in [2.45, 2.75) is 10.9 Å². The Morgan fingerprint density at radius 2 is 1.75 bits per heavy atom. The van der Waals surface area contributed by atoms with Gasteiger partial charge in [-0.1, -0.05) is 47.6 Å². The number of aromatic amines is 1. The first-order valence-corrected chi connectivity index (χ1v) is 8.95. The third kappa shape index (κ3) is 2.69. The van der Waals surface area contributed by atoms with Crippen molar-refractivity contribution in [2.75, 3.05) is 0 Å². The summed E-state index contributed by atoms with van der Waals surface area (Å²) in [6.07, 6.45) is 0. The molecule has 0 radical (unpaired) electrons. The SMILES string of the molecule is O=S(=O)(Cc1cc(-c2ccccc2)on1)c1nc2ccccc2[nH]1. The van der Waals surface area contributed by atoms with Gasteiger partial charge in [-0.3, -0.25) is 0 Å². The molecular weight excluding hydrogens is 326 g/mol. The van der Waals surface area contributed by atoms with Gasteiger partial charge in [0.05, 0.1) is 16.7 Å². The number of imidazole rings is 1. The molecule has 24 heavy (non-hydrogen) atoms. The minimum Gasteiger partial charge on any atom is -0.356 e. The summed E-state index contributed by atoms with van der Waals surface area (Å²) in [5.74, 6) is 0.258. The van der Waals surface area contributed by atoms with Crippen LogP contribution in [0.15, 0.2) is 70.3 Å². The first-order chi connectivity index (χ1) is 11.6. The maximum Gasteiger partial charge on any atom is 0.226 e. The normalized spacial score (nSPS) is 11.8. The van der Waals surface area contributed by atoms with Gasteiger partial charge in [0, 0.05) is 11.6 Å². The van der Waals surface area contributed by atoms with Crippen molar-refractivity contribution in [2.24, 2.45) is 0 Å². The summed E-state index contributed by atoms with van der Waals surface area (Å²) in [4.78, 5) is 6.98. The monoisotopic (exact) mass is 339 g/mol. The first-order valence-electron chi connectivity index (χ1n) is 7.30. The van der Waals surface area contributed by atoms with Crippen molar-refractivity contribution >= 4 is 20.9 Å². The van der Waals surface area contributed by atoms with E-state index >= 15 is 0 Å². The molecule has 6 nitrogen and oxygen atoms in total. The van der Waals surface area contributed by atoms with Crippen LogP contribution in [0, 0.1) is 0 Å². The Bertz CT molecular complexity index is 1070. The van der Waals surface area contributed by atoms with Gasteiger partial charge >= 0.3 is 0 Å². The fraction of sp³-hybridized carbons (Fsp3) is 0.0588. The lowest BCUT2D eigenvalue weighted by molar-refractivity contribution is 0.425. The second-order valence-electron chi connectivity index (χ2n) is 5.37. The van der Waals surface area contributed by atoms with E-state index in [-0.39, 0.29) is 10.9 Å². The molecule has 0 aliphatic rings. The molecule has 0 unspecified atom stereocenters. The molecule has 0 saturated heterocycles. The Balaban J connectivity index is 1.63. The van der Waals surface area contributed by atoms with Gasteiger partial charge in [-0.05, 0) is 12.1 Å². The van der Waals surface area contributed by atoms with Gasteiger partial charge in [-0.15, -0.1) is 0 Å². The van der Waals surface area contributed by atoms with Crippen LogP contribution >= 0.6 is 0 Å². The van der Waals surface area contributed by atoms with Gasteiger partial charge in [0.15, 0.2) is 5.76 Å². The van der Waals surface area contributed by atoms with Gasteiger partial charge in [-0.25, -0.2) is 13.4 Å². The molecule has 4 rings (SSSR count). The summed E-state index contributed by atoms with van der Waals surface area (Å²) in [6, 6.07) is 18.2. The summed E-state index contributed by atoms with van der Waals surface area (Å²) < 4.78 is 30.3. The molecule has 0 spiro atoms. The molecule has 0 amide bonds. The van der Waals surface area contributed by atoms with E-state index in [0.29, 0.717) is 22.5 Å². The van der Waals surface area contributed by atoms with E-state index < -0.39 is 9.84 Å². The van der Waals surface area contributed by atoms with E-state index in [9.17, 15) is 8.42 Å². The second kappa shape index (κ2) is 5.61. The quantitative estimate of drug-likeness (QED) is 0.617. The smallest absolute Gasteiger partial charge is 0.226 e. The van der Waals surface area contributed by atoms with Crippen molar-refractivity contribution < 1.29 is 12.9 Å². The predicted molar refractivity (Wildman–Crippen MR) is 88.9 cm³/mol. The molecular formula is C17H13N3O3S. The molecule has 120 valence electrons. The highest BCUT2D eigenvalue weighted by Crippen LogP contribution is 2.22. The highest BCUT2D eigenvalue weighted by molar-refractivity contribution is 7.90. The third-order valence-electron chi connectivity index (χ3n) is 3.62. The van der Waals surface area contributed by atoms with Gasteiger partial charge in [0.1, 0.15) is 5.75 Å². The number of H-pyrrole nitrogens is 1. The summed E-state index contributed by atoms with van der Waals surface area (Å²) in [7, 11) is -3.63. The molecule has 0 aliphatic heterocycles. The molecule has 0 fully saturated rings. The summed E-state index contributed by atoms with van der Waals surface area (Å²) in [5.41, 5.74) is 2.48. The predicted octanol–water partition coefficient (Wildman–Crippen LogP) is 3.19. The Labute approximate surface area is 138 Å². The molecule has 0 saturated carbocycles. The van der Waals surface area contributed by atoms with Crippen LogP contribution < -0.4 is 0 Å². The van der Waals surface area contributed by atoms with Crippen LogP contribution in [0.3, 0.4) is 0 Å². The number of sulfone groups is 1. The Morgan fingerprint density at radius 1 is 1.00 bits per heavy atom. The highest BCUT2D eigenvalue weighted by Gasteiger charge is 2.22. The van der Waals surface area contributed by atoms with Crippen LogP contribution in [0.1, 0.15) is 5.69 Å². The molecule has 0 bridgehead atoms. The summed E-state index contributed by atoms with van der Waals surface area (Å²) in [5, 5.41) is 3.80. The van der Waals surface area contributed by atoms with E-state index in [2.05, 4.69) is 15.1 Å². The van der Waals surface area contributed by atoms with Crippen LogP contribution in [-0.2, 0) is 15.6 Å². The lowest BCUT2D eigenvalue weighted by Gasteiger charge is -1.96. The first kappa shape index (κ1) is 14.6. The Hall–Kier alpha value is -2.93. The zero-order valence-corrected chi connectivity index (χ0v) is 13.3. The number of hydrogen-bond acceptors (Lipinski definition) is 5. The average molecular weight is 339 g/mol. The second-order valence-corrected chi connectivity index (χ2v) is 7.27. The van der Waals surface area contributed by atoms with Gasteiger partial charge in [0.25, 0.3) is 0 Å². The standard InChI is InChI=1S/C17H13N3O3S/c21-24(22,17-18-14-8-4-5-9-15(14)19-17)11-13-10-16(23-20-13)12-6-2-1-3-7-12/h1-10H,11H2,(H,18,19). The number of hydrogen-bond donors (Lipinski definition) is 1. The van der Waals surface area contributed by atoms with E-state index in [4.69, 9.17) is 4.52 Å². The molecule has 0 atom stereocenters. The minimum absolute atomic E-state index is 0.0621. The fourth-order valence-electron chi connectivity index (χ4n) is 2.46. The maximum atomic E-state index is 12.5. The van der Waals surface area contributed by atoms with Crippen LogP contribution in [0.5, 0.6) is 0 Å². The van der Waals surface area contributed by atoms with Gasteiger partial charge < -0.3 is 9.51 Å². The highest BCUT2D eigenvalue weighted by atomic mass is 32.2. The van der Waals surface area contributed by atoms with Crippen molar-refractivity contribution in [1.29, 1.82) is 0 Å². The zero-order chi connectivity index (χ0) is 16.6. The Morgan fingerprint density at radius 3 is 2.54 bits per heavy atom. The van der Waals surface area contributed by atoms with E-state index in [1.54, 1.807) is 18.2 Å². The van der Waals surface area contributed by atoms with Gasteiger partial charge in [0.2, 0.25) is 15.0 Å². The van der Waals surface area contributed by atoms with E-state index in [1.807, 2.05) is 42.5 Å². The number of nitrogens with zero attached hydrogens (tertiary/aromatic N) is 2. The molecule has 4 aromatic rings. The van der Waals surface area contributed by atoms with Gasteiger partial charge in [-0.2, -0.15) is 0 Å². The average Bonchev–Trinajstić information content (AvgIpc) is 3.22. The van der Waals surface area contributed by atoms with E-state index in [0.717, 1.165) is 5.56 Å². The topological polar surface area (TPSA) is 88.8 Å². The van der Waals surface area contributed by atoms with E-state index in [1.165, 1.54) is 0 Å². The van der Waals surface area contributed by atoms with Crippen LogP contribution in [-0.4, -0.2) is 23.5 Å². The van der Waals surface area contributed by atoms with Crippen LogP contribution in [0.4, 0.5) is 0 Å². The number of nitrogens with one attached hydrogen (secondary N) is 1. The molecule has 2 aromatic carbocycles. The molecule has 0 aliphatic carbocycles. The lowest BCUT2D eigenvalue weighted by atomic mass is 10.2. The molecule has 7 heteroatoms. The zero-order valence-electron chi connectivity index (χ0n) is 12.5. The fourth-order valence-corrected chi connectivity index (χ4v) is 3.62. The minimum atomic E-state index is -3.63. The van der Waals surface area contributed by atoms with Crippen LogP contribution in [0.2, 0.25) is 0 Å². The number of rotatable bonds is 4. The molecule has 1 N–H and O–H groups in total. The summed E-state index contributed by atoms with van der Waals surface area (Å²) in [6.45, 7) is 0. The maximum absolute atomic E-state index is 12.5. The molecule has 2 heterocycles. The van der Waals surface area contributed by atoms with Crippen molar-refractivity contribution in [3.05, 3.63) is 66.4 Å².